The quantitative estimate of drug-likeness (QED) is 0.729. The zero-order valence-corrected chi connectivity index (χ0v) is 8.62. The van der Waals surface area contributed by atoms with Crippen LogP contribution in [0, 0.1) is 19.3 Å². The van der Waals surface area contributed by atoms with Crippen molar-refractivity contribution in [1.82, 2.24) is 15.3 Å². The molecule has 0 saturated carbocycles. The Morgan fingerprint density at radius 2 is 2.14 bits per heavy atom. The van der Waals surface area contributed by atoms with E-state index in [4.69, 9.17) is 6.42 Å². The normalized spacial score (nSPS) is 12.1. The van der Waals surface area contributed by atoms with Gasteiger partial charge in [-0.05, 0) is 26.0 Å². The van der Waals surface area contributed by atoms with Crippen LogP contribution in [0.1, 0.15) is 30.3 Å². The summed E-state index contributed by atoms with van der Waals surface area (Å²) in [5.41, 5.74) is 1.07. The number of nitrogens with one attached hydrogen (secondary N) is 1. The van der Waals surface area contributed by atoms with E-state index in [1.807, 2.05) is 26.4 Å². The summed E-state index contributed by atoms with van der Waals surface area (Å²) >= 11 is 0. The number of aromatic nitrogens is 2. The summed E-state index contributed by atoms with van der Waals surface area (Å²) in [6.45, 7) is 1.97. The van der Waals surface area contributed by atoms with Gasteiger partial charge in [0.05, 0.1) is 6.04 Å². The highest BCUT2D eigenvalue weighted by Crippen LogP contribution is 2.12. The molecule has 0 saturated heterocycles. The van der Waals surface area contributed by atoms with Gasteiger partial charge in [0.15, 0.2) is 0 Å². The van der Waals surface area contributed by atoms with E-state index in [1.165, 1.54) is 0 Å². The largest absolute Gasteiger partial charge is 0.310 e. The SMILES string of the molecule is C#CCCC(NC)c1ncc(C)cn1. The number of nitrogens with zero attached hydrogens (tertiary/aromatic N) is 2. The van der Waals surface area contributed by atoms with Gasteiger partial charge in [-0.25, -0.2) is 9.97 Å². The van der Waals surface area contributed by atoms with Gasteiger partial charge >= 0.3 is 0 Å². The zero-order chi connectivity index (χ0) is 10.4. The van der Waals surface area contributed by atoms with Crippen molar-refractivity contribution < 1.29 is 0 Å². The predicted molar refractivity (Wildman–Crippen MR) is 56.6 cm³/mol. The summed E-state index contributed by atoms with van der Waals surface area (Å²) < 4.78 is 0. The molecule has 0 spiro atoms. The maximum absolute atomic E-state index is 5.22. The van der Waals surface area contributed by atoms with Gasteiger partial charge in [0.1, 0.15) is 5.82 Å². The summed E-state index contributed by atoms with van der Waals surface area (Å²) in [5, 5.41) is 3.15. The minimum absolute atomic E-state index is 0.159. The van der Waals surface area contributed by atoms with Gasteiger partial charge in [-0.3, -0.25) is 0 Å². The predicted octanol–water partition coefficient (Wildman–Crippen LogP) is 1.46. The lowest BCUT2D eigenvalue weighted by Gasteiger charge is -2.12. The first-order valence-electron chi connectivity index (χ1n) is 4.67. The van der Waals surface area contributed by atoms with Crippen LogP contribution in [-0.2, 0) is 0 Å². The van der Waals surface area contributed by atoms with E-state index in [1.54, 1.807) is 0 Å². The van der Waals surface area contributed by atoms with Crippen LogP contribution >= 0.6 is 0 Å². The Bertz CT molecular complexity index is 310. The highest BCUT2D eigenvalue weighted by molar-refractivity contribution is 5.05. The smallest absolute Gasteiger partial charge is 0.145 e. The molecule has 0 aliphatic heterocycles. The molecule has 1 rings (SSSR count). The summed E-state index contributed by atoms with van der Waals surface area (Å²) in [6, 6.07) is 0.159. The molecule has 3 heteroatoms. The maximum Gasteiger partial charge on any atom is 0.145 e. The molecule has 0 radical (unpaired) electrons. The van der Waals surface area contributed by atoms with E-state index < -0.39 is 0 Å². The number of terminal acetylenes is 1. The van der Waals surface area contributed by atoms with Crippen molar-refractivity contribution in [3.05, 3.63) is 23.8 Å². The van der Waals surface area contributed by atoms with Gasteiger partial charge in [0.25, 0.3) is 0 Å². The van der Waals surface area contributed by atoms with Gasteiger partial charge in [0, 0.05) is 18.8 Å². The van der Waals surface area contributed by atoms with Crippen molar-refractivity contribution in [2.24, 2.45) is 0 Å². The lowest BCUT2D eigenvalue weighted by Crippen LogP contribution is -2.18. The molecule has 1 N–H and O–H groups in total. The monoisotopic (exact) mass is 189 g/mol. The molecule has 14 heavy (non-hydrogen) atoms. The number of rotatable bonds is 4. The fraction of sp³-hybridized carbons (Fsp3) is 0.455. The third-order valence-corrected chi connectivity index (χ3v) is 2.04. The standard InChI is InChI=1S/C11H15N3/c1-4-5-6-10(12-3)11-13-7-9(2)8-14-11/h1,7-8,10,12H,5-6H2,2-3H3. The van der Waals surface area contributed by atoms with Gasteiger partial charge in [-0.15, -0.1) is 12.3 Å². The molecule has 0 aromatic carbocycles. The highest BCUT2D eigenvalue weighted by atomic mass is 15.0. The van der Waals surface area contributed by atoms with E-state index in [2.05, 4.69) is 21.2 Å². The Hall–Kier alpha value is -1.40. The molecule has 1 atom stereocenters. The molecular formula is C11H15N3. The van der Waals surface area contributed by atoms with Crippen molar-refractivity contribution in [3.8, 4) is 12.3 Å². The molecule has 0 aliphatic rings. The molecule has 0 bridgehead atoms. The molecule has 3 nitrogen and oxygen atoms in total. The first-order valence-corrected chi connectivity index (χ1v) is 4.67. The Kier molecular flexibility index (Phi) is 4.09. The number of hydrogen-bond donors (Lipinski definition) is 1. The first-order chi connectivity index (χ1) is 6.77. The molecule has 0 fully saturated rings. The van der Waals surface area contributed by atoms with Gasteiger partial charge in [-0.2, -0.15) is 0 Å². The van der Waals surface area contributed by atoms with Crippen molar-refractivity contribution in [2.75, 3.05) is 7.05 Å². The molecule has 1 unspecified atom stereocenters. The molecule has 74 valence electrons. The van der Waals surface area contributed by atoms with Crippen molar-refractivity contribution in [1.29, 1.82) is 0 Å². The lowest BCUT2D eigenvalue weighted by atomic mass is 10.1. The summed E-state index contributed by atoms with van der Waals surface area (Å²) in [4.78, 5) is 8.52. The average molecular weight is 189 g/mol. The number of aryl methyl sites for hydroxylation is 1. The molecule has 1 heterocycles. The summed E-state index contributed by atoms with van der Waals surface area (Å²) in [6.07, 6.45) is 10.5. The molecule has 0 amide bonds. The number of hydrogen-bond acceptors (Lipinski definition) is 3. The minimum Gasteiger partial charge on any atom is -0.310 e. The molecule has 0 aliphatic carbocycles. The van der Waals surface area contributed by atoms with E-state index >= 15 is 0 Å². The Balaban J connectivity index is 2.69. The molecule has 1 aromatic rings. The van der Waals surface area contributed by atoms with Crippen molar-refractivity contribution in [2.45, 2.75) is 25.8 Å². The van der Waals surface area contributed by atoms with E-state index in [9.17, 15) is 0 Å². The summed E-state index contributed by atoms with van der Waals surface area (Å²) in [7, 11) is 1.89. The average Bonchev–Trinajstić information content (AvgIpc) is 2.21. The van der Waals surface area contributed by atoms with Crippen molar-refractivity contribution in [3.63, 3.8) is 0 Å². The van der Waals surface area contributed by atoms with Crippen LogP contribution in [0.25, 0.3) is 0 Å². The third-order valence-electron chi connectivity index (χ3n) is 2.04. The minimum atomic E-state index is 0.159. The second-order valence-corrected chi connectivity index (χ2v) is 3.20. The Morgan fingerprint density at radius 3 is 2.64 bits per heavy atom. The Labute approximate surface area is 85.0 Å². The fourth-order valence-electron chi connectivity index (χ4n) is 1.21. The van der Waals surface area contributed by atoms with Crippen molar-refractivity contribution >= 4 is 0 Å². The zero-order valence-electron chi connectivity index (χ0n) is 8.62. The second kappa shape index (κ2) is 5.36. The van der Waals surface area contributed by atoms with Crippen LogP contribution in [0.5, 0.6) is 0 Å². The Morgan fingerprint density at radius 1 is 1.50 bits per heavy atom. The highest BCUT2D eigenvalue weighted by Gasteiger charge is 2.10. The molecule has 1 aromatic heterocycles. The van der Waals surface area contributed by atoms with Crippen LogP contribution in [0.15, 0.2) is 12.4 Å². The van der Waals surface area contributed by atoms with Gasteiger partial charge in [0.2, 0.25) is 0 Å². The third kappa shape index (κ3) is 2.82. The van der Waals surface area contributed by atoms with Crippen LogP contribution in [0.3, 0.4) is 0 Å². The second-order valence-electron chi connectivity index (χ2n) is 3.20. The van der Waals surface area contributed by atoms with Crippen LogP contribution in [0.2, 0.25) is 0 Å². The van der Waals surface area contributed by atoms with Crippen LogP contribution in [0.4, 0.5) is 0 Å². The van der Waals surface area contributed by atoms with Crippen LogP contribution in [-0.4, -0.2) is 17.0 Å². The first kappa shape index (κ1) is 10.7. The van der Waals surface area contributed by atoms with Gasteiger partial charge < -0.3 is 5.32 Å². The summed E-state index contributed by atoms with van der Waals surface area (Å²) in [5.74, 6) is 3.43. The van der Waals surface area contributed by atoms with E-state index in [0.29, 0.717) is 0 Å². The van der Waals surface area contributed by atoms with Gasteiger partial charge in [-0.1, -0.05) is 0 Å². The topological polar surface area (TPSA) is 37.8 Å². The fourth-order valence-corrected chi connectivity index (χ4v) is 1.21. The van der Waals surface area contributed by atoms with E-state index in [0.717, 1.165) is 24.2 Å². The lowest BCUT2D eigenvalue weighted by molar-refractivity contribution is 0.527. The molecular weight excluding hydrogens is 174 g/mol. The van der Waals surface area contributed by atoms with E-state index in [-0.39, 0.29) is 6.04 Å². The maximum atomic E-state index is 5.22. The van der Waals surface area contributed by atoms with Crippen LogP contribution < -0.4 is 5.32 Å².